The molecule has 1 aliphatic heterocycles. The van der Waals surface area contributed by atoms with Crippen LogP contribution in [-0.4, -0.2) is 11.9 Å². The van der Waals surface area contributed by atoms with E-state index in [1.807, 2.05) is 23.9 Å². The van der Waals surface area contributed by atoms with Crippen molar-refractivity contribution in [3.8, 4) is 5.75 Å². The fraction of sp³-hybridized carbons (Fsp3) is 0.200. The second-order valence-corrected chi connectivity index (χ2v) is 8.53. The highest BCUT2D eigenvalue weighted by atomic mass is 79.9. The molecule has 5 heteroatoms. The Morgan fingerprint density at radius 3 is 2.50 bits per heavy atom. The van der Waals surface area contributed by atoms with Gasteiger partial charge in [0.1, 0.15) is 12.4 Å². The van der Waals surface area contributed by atoms with Crippen molar-refractivity contribution in [1.29, 1.82) is 0 Å². The highest BCUT2D eigenvalue weighted by molar-refractivity contribution is 9.11. The van der Waals surface area contributed by atoms with E-state index >= 15 is 0 Å². The Morgan fingerprint density at radius 2 is 1.80 bits per heavy atom. The largest absolute Gasteiger partial charge is 0.490 e. The molecule has 1 atom stereocenters. The molecule has 1 aliphatic rings. The van der Waals surface area contributed by atoms with Crippen LogP contribution in [0, 0.1) is 0 Å². The number of thioether (sulfide) groups is 1. The molecule has 2 aromatic carbocycles. The summed E-state index contributed by atoms with van der Waals surface area (Å²) in [7, 11) is 0. The van der Waals surface area contributed by atoms with Gasteiger partial charge in [0.25, 0.3) is 0 Å². The number of hydrogen-bond acceptors (Lipinski definition) is 2. The zero-order chi connectivity index (χ0) is 14.1. The first kappa shape index (κ1) is 14.9. The van der Waals surface area contributed by atoms with Crippen LogP contribution in [0.5, 0.6) is 5.75 Å². The van der Waals surface area contributed by atoms with Gasteiger partial charge in [-0.1, -0.05) is 34.1 Å². The van der Waals surface area contributed by atoms with Crippen LogP contribution in [0.1, 0.15) is 5.56 Å². The minimum Gasteiger partial charge on any atom is -0.490 e. The third-order valence-electron chi connectivity index (χ3n) is 3.09. The van der Waals surface area contributed by atoms with Crippen LogP contribution in [0.2, 0.25) is 0 Å². The Bertz CT molecular complexity index is 597. The lowest BCUT2D eigenvalue weighted by Gasteiger charge is -2.14. The van der Waals surface area contributed by atoms with Crippen LogP contribution in [0.25, 0.3) is 0 Å². The van der Waals surface area contributed by atoms with Crippen molar-refractivity contribution in [1.82, 2.24) is 0 Å². The summed E-state index contributed by atoms with van der Waals surface area (Å²) in [6.45, 7) is 0.707. The summed E-state index contributed by atoms with van der Waals surface area (Å²) >= 11 is 12.5. The van der Waals surface area contributed by atoms with Gasteiger partial charge >= 0.3 is 0 Å². The van der Waals surface area contributed by atoms with Gasteiger partial charge in [-0.15, -0.1) is 11.8 Å². The average Bonchev–Trinajstić information content (AvgIpc) is 2.80. The van der Waals surface area contributed by atoms with Crippen molar-refractivity contribution in [2.24, 2.45) is 0 Å². The van der Waals surface area contributed by atoms with Gasteiger partial charge in [-0.2, -0.15) is 0 Å². The summed E-state index contributed by atoms with van der Waals surface area (Å²) in [5.41, 5.74) is 1.43. The van der Waals surface area contributed by atoms with Crippen molar-refractivity contribution in [3.63, 3.8) is 0 Å². The van der Waals surface area contributed by atoms with Crippen molar-refractivity contribution in [2.45, 2.75) is 16.6 Å². The van der Waals surface area contributed by atoms with Crippen LogP contribution in [0.3, 0.4) is 0 Å². The normalized spacial score (nSPS) is 17.1. The molecule has 0 aromatic heterocycles. The van der Waals surface area contributed by atoms with E-state index < -0.39 is 0 Å². The van der Waals surface area contributed by atoms with Crippen LogP contribution < -0.4 is 4.74 Å². The van der Waals surface area contributed by atoms with Crippen LogP contribution >= 0.6 is 59.6 Å². The molecular weight excluding hydrogens is 468 g/mol. The predicted octanol–water partition coefficient (Wildman–Crippen LogP) is 6.07. The maximum Gasteiger partial charge on any atom is 0.147 e. The minimum atomic E-state index is 0.481. The molecule has 0 fully saturated rings. The van der Waals surface area contributed by atoms with Crippen LogP contribution in [-0.2, 0) is 6.42 Å². The first-order valence-corrected chi connectivity index (χ1v) is 9.41. The molecule has 0 aliphatic carbocycles. The van der Waals surface area contributed by atoms with Crippen molar-refractivity contribution >= 4 is 59.6 Å². The Labute approximate surface area is 147 Å². The molecule has 1 nitrogen and oxygen atoms in total. The van der Waals surface area contributed by atoms with E-state index in [0.29, 0.717) is 11.9 Å². The van der Waals surface area contributed by atoms with Gasteiger partial charge in [0, 0.05) is 14.6 Å². The number of hydrogen-bond donors (Lipinski definition) is 0. The van der Waals surface area contributed by atoms with E-state index in [9.17, 15) is 0 Å². The maximum atomic E-state index is 6.00. The van der Waals surface area contributed by atoms with Crippen molar-refractivity contribution in [2.75, 3.05) is 6.61 Å². The molecule has 0 radical (unpaired) electrons. The lowest BCUT2D eigenvalue weighted by molar-refractivity contribution is 0.313. The molecule has 1 heterocycles. The second-order valence-electron chi connectivity index (χ2n) is 4.56. The highest BCUT2D eigenvalue weighted by Gasteiger charge is 2.23. The Balaban J connectivity index is 1.67. The predicted molar refractivity (Wildman–Crippen MR) is 94.8 cm³/mol. The molecule has 0 amide bonds. The lowest BCUT2D eigenvalue weighted by atomic mass is 10.1. The van der Waals surface area contributed by atoms with E-state index in [2.05, 4.69) is 72.1 Å². The number of fused-ring (bicyclic) bond motifs is 1. The Morgan fingerprint density at radius 1 is 1.10 bits per heavy atom. The van der Waals surface area contributed by atoms with Gasteiger partial charge in [0.2, 0.25) is 0 Å². The maximum absolute atomic E-state index is 6.00. The molecule has 0 saturated carbocycles. The van der Waals surface area contributed by atoms with Gasteiger partial charge in [0.05, 0.1) is 8.95 Å². The number of halogens is 3. The van der Waals surface area contributed by atoms with E-state index in [1.165, 1.54) is 10.5 Å². The molecule has 104 valence electrons. The quantitative estimate of drug-likeness (QED) is 0.529. The molecule has 0 bridgehead atoms. The van der Waals surface area contributed by atoms with Crippen molar-refractivity contribution < 1.29 is 4.74 Å². The monoisotopic (exact) mass is 476 g/mol. The number of rotatable bonds is 3. The lowest BCUT2D eigenvalue weighted by Crippen LogP contribution is -2.13. The summed E-state index contributed by atoms with van der Waals surface area (Å²) in [6.07, 6.45) is 1.08. The topological polar surface area (TPSA) is 9.23 Å². The standard InChI is InChI=1S/C15H11Br3OS/c16-10-6-12(17)15(13(18)7-10)19-8-11-5-9-3-1-2-4-14(9)20-11/h1-4,6-7,11H,5,8H2. The van der Waals surface area contributed by atoms with Gasteiger partial charge in [-0.3, -0.25) is 0 Å². The first-order valence-electron chi connectivity index (χ1n) is 6.15. The average molecular weight is 479 g/mol. The van der Waals surface area contributed by atoms with Gasteiger partial charge < -0.3 is 4.74 Å². The Kier molecular flexibility index (Phi) is 4.80. The van der Waals surface area contributed by atoms with E-state index in [-0.39, 0.29) is 0 Å². The molecule has 0 spiro atoms. The third-order valence-corrected chi connectivity index (χ3v) is 6.01. The van der Waals surface area contributed by atoms with E-state index in [4.69, 9.17) is 4.74 Å². The van der Waals surface area contributed by atoms with Crippen LogP contribution in [0.4, 0.5) is 0 Å². The third kappa shape index (κ3) is 3.26. The molecule has 1 unspecified atom stereocenters. The first-order chi connectivity index (χ1) is 9.63. The second kappa shape index (κ2) is 6.42. The molecule has 3 rings (SSSR count). The number of ether oxygens (including phenoxy) is 1. The van der Waals surface area contributed by atoms with Crippen LogP contribution in [0.15, 0.2) is 54.7 Å². The highest BCUT2D eigenvalue weighted by Crippen LogP contribution is 2.39. The summed E-state index contributed by atoms with van der Waals surface area (Å²) in [5, 5.41) is 0.481. The summed E-state index contributed by atoms with van der Waals surface area (Å²) in [5.74, 6) is 0.866. The Hall–Kier alpha value is 0.0300. The van der Waals surface area contributed by atoms with Crippen molar-refractivity contribution in [3.05, 3.63) is 55.4 Å². The van der Waals surface area contributed by atoms with E-state index in [0.717, 1.165) is 25.6 Å². The van der Waals surface area contributed by atoms with E-state index in [1.54, 1.807) is 0 Å². The fourth-order valence-electron chi connectivity index (χ4n) is 2.19. The number of benzene rings is 2. The van der Waals surface area contributed by atoms with Gasteiger partial charge in [-0.05, 0) is 62.0 Å². The summed E-state index contributed by atoms with van der Waals surface area (Å²) < 4.78 is 8.94. The van der Waals surface area contributed by atoms with Gasteiger partial charge in [0.15, 0.2) is 0 Å². The fourth-order valence-corrected chi connectivity index (χ4v) is 5.90. The molecule has 0 N–H and O–H groups in total. The summed E-state index contributed by atoms with van der Waals surface area (Å²) in [4.78, 5) is 1.38. The zero-order valence-electron chi connectivity index (χ0n) is 10.4. The SMILES string of the molecule is Brc1cc(Br)c(OCC2Cc3ccccc3S2)c(Br)c1. The molecule has 0 saturated heterocycles. The molecular formula is C15H11Br3OS. The molecule has 20 heavy (non-hydrogen) atoms. The zero-order valence-corrected chi connectivity index (χ0v) is 16.0. The smallest absolute Gasteiger partial charge is 0.147 e. The van der Waals surface area contributed by atoms with Gasteiger partial charge in [-0.25, -0.2) is 0 Å². The molecule has 2 aromatic rings. The summed E-state index contributed by atoms with van der Waals surface area (Å²) in [6, 6.07) is 12.6. The minimum absolute atomic E-state index is 0.481.